The van der Waals surface area contributed by atoms with Gasteiger partial charge in [0.2, 0.25) is 0 Å². The fourth-order valence-electron chi connectivity index (χ4n) is 1.99. The normalized spacial score (nSPS) is 15.9. The minimum atomic E-state index is -4.84. The van der Waals surface area contributed by atoms with Crippen molar-refractivity contribution in [2.45, 2.75) is 31.9 Å². The Morgan fingerprint density at radius 2 is 1.91 bits per heavy atom. The van der Waals surface area contributed by atoms with Crippen LogP contribution < -0.4 is 5.32 Å². The Morgan fingerprint density at radius 1 is 1.27 bits per heavy atom. The van der Waals surface area contributed by atoms with Gasteiger partial charge in [0.25, 0.3) is 5.12 Å². The van der Waals surface area contributed by atoms with Crippen molar-refractivity contribution in [3.63, 3.8) is 0 Å². The quantitative estimate of drug-likeness (QED) is 0.766. The molecule has 1 aliphatic carbocycles. The van der Waals surface area contributed by atoms with E-state index in [1.165, 1.54) is 0 Å². The lowest BCUT2D eigenvalue weighted by atomic mass is 10.1. The molecule has 0 aromatic heterocycles. The summed E-state index contributed by atoms with van der Waals surface area (Å²) in [6.45, 7) is 0.00286. The molecule has 1 saturated carbocycles. The maximum absolute atomic E-state index is 11.7. The van der Waals surface area contributed by atoms with Crippen LogP contribution >= 0.6 is 0 Å². The molecule has 0 aliphatic heterocycles. The molecular weight excluding hydrogens is 310 g/mol. The average Bonchev–Trinajstić information content (AvgIpc) is 3.28. The van der Waals surface area contributed by atoms with Gasteiger partial charge in [-0.15, -0.1) is 0 Å². The van der Waals surface area contributed by atoms with Crippen molar-refractivity contribution in [3.8, 4) is 0 Å². The number of benzene rings is 1. The summed E-state index contributed by atoms with van der Waals surface area (Å²) in [6, 6.07) is 7.63. The number of nitrogens with one attached hydrogen (secondary N) is 1. The lowest BCUT2D eigenvalue weighted by Gasteiger charge is -2.15. The first kappa shape index (κ1) is 16.4. The number of rotatable bonds is 6. The van der Waals surface area contributed by atoms with Gasteiger partial charge in [-0.1, -0.05) is 43.2 Å². The van der Waals surface area contributed by atoms with Gasteiger partial charge in [-0.25, -0.2) is 4.79 Å². The first-order chi connectivity index (χ1) is 10.4. The standard InChI is InChI=1S/C14H17NO6S/c16-13(22(18,19)20)12(8-10-6-7-10)15-14(17)21-9-11-4-2-1-3-5-11/h1-5,10,12H,6-9H2,(H,15,17)(H,18,19,20)/t12-/m0/s1. The molecule has 0 heterocycles. The lowest BCUT2D eigenvalue weighted by Crippen LogP contribution is -2.44. The Hall–Kier alpha value is -1.93. The van der Waals surface area contributed by atoms with E-state index in [0.29, 0.717) is 0 Å². The van der Waals surface area contributed by atoms with Crippen LogP contribution in [0.2, 0.25) is 0 Å². The molecule has 120 valence electrons. The van der Waals surface area contributed by atoms with Crippen LogP contribution in [0.5, 0.6) is 0 Å². The van der Waals surface area contributed by atoms with Gasteiger partial charge in [0.1, 0.15) is 12.6 Å². The zero-order chi connectivity index (χ0) is 16.2. The highest BCUT2D eigenvalue weighted by Crippen LogP contribution is 2.33. The molecule has 0 saturated heterocycles. The van der Waals surface area contributed by atoms with E-state index in [4.69, 9.17) is 9.29 Å². The summed E-state index contributed by atoms with van der Waals surface area (Å²) in [7, 11) is -4.84. The summed E-state index contributed by atoms with van der Waals surface area (Å²) >= 11 is 0. The molecule has 1 aliphatic rings. The third kappa shape index (κ3) is 5.12. The molecule has 22 heavy (non-hydrogen) atoms. The highest BCUT2D eigenvalue weighted by atomic mass is 32.2. The predicted molar refractivity (Wildman–Crippen MR) is 77.4 cm³/mol. The molecule has 8 heteroatoms. The van der Waals surface area contributed by atoms with Crippen molar-refractivity contribution in [3.05, 3.63) is 35.9 Å². The topological polar surface area (TPSA) is 110 Å². The van der Waals surface area contributed by atoms with E-state index in [2.05, 4.69) is 5.32 Å². The first-order valence-corrected chi connectivity index (χ1v) is 8.29. The number of alkyl carbamates (subject to hydrolysis) is 1. The SMILES string of the molecule is O=C(N[C@@H](CC1CC1)C(=O)S(=O)(=O)O)OCc1ccccc1. The summed E-state index contributed by atoms with van der Waals surface area (Å²) in [5.41, 5.74) is 0.762. The van der Waals surface area contributed by atoms with Gasteiger partial charge < -0.3 is 10.1 Å². The molecule has 0 unspecified atom stereocenters. The van der Waals surface area contributed by atoms with Gasteiger partial charge in [0.15, 0.2) is 0 Å². The molecule has 2 rings (SSSR count). The van der Waals surface area contributed by atoms with Gasteiger partial charge in [-0.3, -0.25) is 9.35 Å². The second-order valence-corrected chi connectivity index (χ2v) is 6.58. The van der Waals surface area contributed by atoms with Gasteiger partial charge in [-0.2, -0.15) is 8.42 Å². The Labute approximate surface area is 128 Å². The number of hydrogen-bond donors (Lipinski definition) is 2. The van der Waals surface area contributed by atoms with Crippen LogP contribution in [-0.4, -0.2) is 30.2 Å². The smallest absolute Gasteiger partial charge is 0.408 e. The minimum absolute atomic E-state index is 0.00286. The van der Waals surface area contributed by atoms with E-state index in [9.17, 15) is 18.0 Å². The second-order valence-electron chi connectivity index (χ2n) is 5.23. The zero-order valence-corrected chi connectivity index (χ0v) is 12.6. The first-order valence-electron chi connectivity index (χ1n) is 6.85. The Bertz CT molecular complexity index is 639. The second kappa shape index (κ2) is 6.89. The third-order valence-corrected chi connectivity index (χ3v) is 4.10. The summed E-state index contributed by atoms with van der Waals surface area (Å²) in [5, 5.41) is 0.809. The molecule has 1 fully saturated rings. The van der Waals surface area contributed by atoms with Crippen LogP contribution in [0.25, 0.3) is 0 Å². The zero-order valence-electron chi connectivity index (χ0n) is 11.8. The average molecular weight is 327 g/mol. The third-order valence-electron chi connectivity index (χ3n) is 3.31. The van der Waals surface area contributed by atoms with E-state index in [0.717, 1.165) is 18.4 Å². The number of carbonyl (C=O) groups excluding carboxylic acids is 2. The highest BCUT2D eigenvalue weighted by Gasteiger charge is 2.36. The van der Waals surface area contributed by atoms with Crippen molar-refractivity contribution in [2.24, 2.45) is 5.92 Å². The van der Waals surface area contributed by atoms with E-state index < -0.39 is 27.4 Å². The molecule has 1 amide bonds. The van der Waals surface area contributed by atoms with Crippen molar-refractivity contribution in [1.82, 2.24) is 5.32 Å². The van der Waals surface area contributed by atoms with Gasteiger partial charge in [-0.05, 0) is 17.9 Å². The summed E-state index contributed by atoms with van der Waals surface area (Å²) in [4.78, 5) is 23.3. The van der Waals surface area contributed by atoms with Gasteiger partial charge in [0.05, 0.1) is 0 Å². The molecule has 7 nitrogen and oxygen atoms in total. The molecule has 2 N–H and O–H groups in total. The molecule has 0 spiro atoms. The number of hydrogen-bond acceptors (Lipinski definition) is 5. The predicted octanol–water partition coefficient (Wildman–Crippen LogP) is 1.50. The van der Waals surface area contributed by atoms with Crippen LogP contribution in [0.15, 0.2) is 30.3 Å². The summed E-state index contributed by atoms with van der Waals surface area (Å²) < 4.78 is 35.7. The monoisotopic (exact) mass is 327 g/mol. The maximum atomic E-state index is 11.7. The van der Waals surface area contributed by atoms with Crippen molar-refractivity contribution >= 4 is 21.3 Å². The van der Waals surface area contributed by atoms with Crippen molar-refractivity contribution in [2.75, 3.05) is 0 Å². The number of ether oxygens (including phenoxy) is 1. The fourth-order valence-corrected chi connectivity index (χ4v) is 2.50. The number of amides is 1. The fraction of sp³-hybridized carbons (Fsp3) is 0.429. The van der Waals surface area contributed by atoms with E-state index in [1.807, 2.05) is 6.07 Å². The van der Waals surface area contributed by atoms with Crippen LogP contribution in [0, 0.1) is 5.92 Å². The maximum Gasteiger partial charge on any atom is 0.408 e. The van der Waals surface area contributed by atoms with Crippen molar-refractivity contribution in [1.29, 1.82) is 0 Å². The van der Waals surface area contributed by atoms with Gasteiger partial charge >= 0.3 is 16.2 Å². The summed E-state index contributed by atoms with van der Waals surface area (Å²) in [6.07, 6.45) is 1.02. The molecule has 1 aromatic carbocycles. The molecule has 1 atom stereocenters. The Balaban J connectivity index is 1.91. The molecule has 1 aromatic rings. The van der Waals surface area contributed by atoms with E-state index in [1.54, 1.807) is 24.3 Å². The molecule has 0 bridgehead atoms. The van der Waals surface area contributed by atoms with Crippen LogP contribution in [-0.2, 0) is 26.3 Å². The largest absolute Gasteiger partial charge is 0.445 e. The minimum Gasteiger partial charge on any atom is -0.445 e. The number of carbonyl (C=O) groups is 2. The Kier molecular flexibility index (Phi) is 5.15. The summed E-state index contributed by atoms with van der Waals surface area (Å²) in [5.74, 6) is 0.185. The van der Waals surface area contributed by atoms with Crippen molar-refractivity contribution < 1.29 is 27.3 Å². The van der Waals surface area contributed by atoms with Crippen LogP contribution in [0.4, 0.5) is 4.79 Å². The van der Waals surface area contributed by atoms with Crippen LogP contribution in [0.3, 0.4) is 0 Å². The van der Waals surface area contributed by atoms with Crippen LogP contribution in [0.1, 0.15) is 24.8 Å². The molecular formula is C14H17NO6S. The van der Waals surface area contributed by atoms with E-state index >= 15 is 0 Å². The molecule has 0 radical (unpaired) electrons. The van der Waals surface area contributed by atoms with E-state index in [-0.39, 0.29) is 18.9 Å². The highest BCUT2D eigenvalue weighted by molar-refractivity contribution is 8.01. The lowest BCUT2D eigenvalue weighted by molar-refractivity contribution is -0.114. The Morgan fingerprint density at radius 3 is 2.45 bits per heavy atom. The van der Waals surface area contributed by atoms with Gasteiger partial charge in [0, 0.05) is 0 Å².